The Labute approximate surface area is 200 Å². The molecule has 1 aliphatic rings. The van der Waals surface area contributed by atoms with Gasteiger partial charge in [0.1, 0.15) is 17.6 Å². The Morgan fingerprint density at radius 2 is 1.85 bits per heavy atom. The molecule has 0 saturated carbocycles. The van der Waals surface area contributed by atoms with E-state index in [9.17, 15) is 23.9 Å². The fraction of sp³-hybridized carbons (Fsp3) is 0.625. The van der Waals surface area contributed by atoms with Crippen molar-refractivity contribution in [1.82, 2.24) is 20.9 Å². The van der Waals surface area contributed by atoms with Crippen LogP contribution in [-0.2, 0) is 20.8 Å². The summed E-state index contributed by atoms with van der Waals surface area (Å²) in [5, 5.41) is 18.6. The molecular formula is C24H37FN4O5. The van der Waals surface area contributed by atoms with Gasteiger partial charge < -0.3 is 30.7 Å². The van der Waals surface area contributed by atoms with E-state index in [1.54, 1.807) is 6.07 Å². The van der Waals surface area contributed by atoms with Gasteiger partial charge in [-0.15, -0.1) is 0 Å². The minimum Gasteiger partial charge on any atom is -0.493 e. The monoisotopic (exact) mass is 480 g/mol. The number of benzene rings is 1. The van der Waals surface area contributed by atoms with Crippen LogP contribution in [0.15, 0.2) is 18.2 Å². The molecule has 1 aromatic rings. The van der Waals surface area contributed by atoms with Gasteiger partial charge >= 0.3 is 0 Å². The first kappa shape index (κ1) is 27.5. The van der Waals surface area contributed by atoms with E-state index in [0.717, 1.165) is 5.56 Å². The first-order chi connectivity index (χ1) is 16.1. The Kier molecular flexibility index (Phi) is 10.7. The van der Waals surface area contributed by atoms with Crippen LogP contribution in [0.3, 0.4) is 0 Å². The van der Waals surface area contributed by atoms with Gasteiger partial charge in [-0.2, -0.15) is 0 Å². The molecule has 3 amide bonds. The lowest BCUT2D eigenvalue weighted by Crippen LogP contribution is -2.58. The van der Waals surface area contributed by atoms with E-state index in [1.165, 1.54) is 31.0 Å². The van der Waals surface area contributed by atoms with Crippen LogP contribution < -0.4 is 20.7 Å². The second-order valence-corrected chi connectivity index (χ2v) is 8.94. The van der Waals surface area contributed by atoms with Crippen LogP contribution in [0.2, 0.25) is 0 Å². The largest absolute Gasteiger partial charge is 0.493 e. The minimum atomic E-state index is -1.14. The minimum absolute atomic E-state index is 0.0803. The van der Waals surface area contributed by atoms with Crippen LogP contribution >= 0.6 is 0 Å². The van der Waals surface area contributed by atoms with Gasteiger partial charge in [0.15, 0.2) is 0 Å². The van der Waals surface area contributed by atoms with Crippen molar-refractivity contribution in [2.75, 3.05) is 33.3 Å². The Balaban J connectivity index is 2.20. The van der Waals surface area contributed by atoms with Gasteiger partial charge in [0.25, 0.3) is 0 Å². The third-order valence-electron chi connectivity index (χ3n) is 5.76. The number of carbonyl (C=O) groups is 3. The summed E-state index contributed by atoms with van der Waals surface area (Å²) in [7, 11) is 1.47. The van der Waals surface area contributed by atoms with E-state index >= 15 is 0 Å². The number of rotatable bonds is 2. The van der Waals surface area contributed by atoms with Crippen molar-refractivity contribution in [1.29, 1.82) is 0 Å². The van der Waals surface area contributed by atoms with Crippen molar-refractivity contribution in [2.24, 2.45) is 5.92 Å². The number of amides is 3. The average Bonchev–Trinajstić information content (AvgIpc) is 2.77. The molecule has 10 heteroatoms. The highest BCUT2D eigenvalue weighted by molar-refractivity contribution is 5.92. The van der Waals surface area contributed by atoms with E-state index in [0.29, 0.717) is 44.7 Å². The van der Waals surface area contributed by atoms with Gasteiger partial charge in [0, 0.05) is 19.7 Å². The highest BCUT2D eigenvalue weighted by Crippen LogP contribution is 2.22. The number of aliphatic hydroxyl groups is 1. The molecule has 0 radical (unpaired) electrons. The summed E-state index contributed by atoms with van der Waals surface area (Å²) in [5.41, 5.74) is 0.839. The van der Waals surface area contributed by atoms with Gasteiger partial charge in [-0.05, 0) is 50.3 Å². The molecule has 2 rings (SSSR count). The number of nitrogens with zero attached hydrogens (tertiary/aromatic N) is 1. The number of fused-ring (bicyclic) bond motifs is 1. The molecule has 34 heavy (non-hydrogen) atoms. The molecule has 1 aliphatic heterocycles. The van der Waals surface area contributed by atoms with E-state index < -0.39 is 24.1 Å². The maximum Gasteiger partial charge on any atom is 0.245 e. The highest BCUT2D eigenvalue weighted by Gasteiger charge is 2.35. The number of aryl methyl sites for hydroxylation is 1. The fourth-order valence-electron chi connectivity index (χ4n) is 3.91. The lowest BCUT2D eigenvalue weighted by atomic mass is 10.0. The zero-order valence-electron chi connectivity index (χ0n) is 20.4. The van der Waals surface area contributed by atoms with Gasteiger partial charge in [-0.25, -0.2) is 4.39 Å². The van der Waals surface area contributed by atoms with Gasteiger partial charge in [0.05, 0.1) is 25.3 Å². The summed E-state index contributed by atoms with van der Waals surface area (Å²) in [6, 6.07) is 2.67. The Hall–Kier alpha value is -2.72. The summed E-state index contributed by atoms with van der Waals surface area (Å²) in [6.45, 7) is 6.08. The summed E-state index contributed by atoms with van der Waals surface area (Å²) in [4.78, 5) is 39.3. The SMILES string of the molecule is CC(C)C1NCCCOc2cc(F)ccc2CCCNC(=O)CNC(=O)C(C(C)O)N(C)C1=O. The Bertz CT molecular complexity index is 849. The molecule has 0 saturated heterocycles. The van der Waals surface area contributed by atoms with E-state index in [2.05, 4.69) is 16.0 Å². The third-order valence-corrected chi connectivity index (χ3v) is 5.76. The Morgan fingerprint density at radius 1 is 1.12 bits per heavy atom. The molecular weight excluding hydrogens is 443 g/mol. The van der Waals surface area contributed by atoms with Crippen molar-refractivity contribution >= 4 is 17.7 Å². The van der Waals surface area contributed by atoms with Crippen LogP contribution in [0, 0.1) is 11.7 Å². The van der Waals surface area contributed by atoms with Crippen LogP contribution in [0.5, 0.6) is 5.75 Å². The van der Waals surface area contributed by atoms with Gasteiger partial charge in [0.2, 0.25) is 17.7 Å². The molecule has 1 aromatic carbocycles. The lowest BCUT2D eigenvalue weighted by molar-refractivity contribution is -0.145. The smallest absolute Gasteiger partial charge is 0.245 e. The third kappa shape index (κ3) is 7.95. The molecule has 3 atom stereocenters. The molecule has 4 N–H and O–H groups in total. The summed E-state index contributed by atoms with van der Waals surface area (Å²) < 4.78 is 19.6. The number of ether oxygens (including phenoxy) is 1. The topological polar surface area (TPSA) is 120 Å². The summed E-state index contributed by atoms with van der Waals surface area (Å²) >= 11 is 0. The zero-order chi connectivity index (χ0) is 25.3. The molecule has 0 aliphatic carbocycles. The molecule has 0 bridgehead atoms. The van der Waals surface area contributed by atoms with Crippen LogP contribution in [0.1, 0.15) is 39.2 Å². The first-order valence-corrected chi connectivity index (χ1v) is 11.8. The maximum atomic E-state index is 13.7. The lowest BCUT2D eigenvalue weighted by Gasteiger charge is -2.33. The number of hydrogen-bond acceptors (Lipinski definition) is 6. The summed E-state index contributed by atoms with van der Waals surface area (Å²) in [6.07, 6.45) is 0.629. The quantitative estimate of drug-likeness (QED) is 0.492. The predicted octanol–water partition coefficient (Wildman–Crippen LogP) is 0.595. The van der Waals surface area contributed by atoms with Crippen molar-refractivity contribution in [2.45, 2.75) is 58.2 Å². The molecule has 1 heterocycles. The normalized spacial score (nSPS) is 23.0. The van der Waals surface area contributed by atoms with Crippen LogP contribution in [0.4, 0.5) is 4.39 Å². The maximum absolute atomic E-state index is 13.7. The molecule has 9 nitrogen and oxygen atoms in total. The second-order valence-electron chi connectivity index (χ2n) is 8.94. The molecule has 0 spiro atoms. The van der Waals surface area contributed by atoms with Crippen LogP contribution in [-0.4, -0.2) is 79.2 Å². The van der Waals surface area contributed by atoms with E-state index in [1.807, 2.05) is 13.8 Å². The first-order valence-electron chi connectivity index (χ1n) is 11.8. The highest BCUT2D eigenvalue weighted by atomic mass is 19.1. The van der Waals surface area contributed by atoms with Crippen LogP contribution in [0.25, 0.3) is 0 Å². The van der Waals surface area contributed by atoms with Gasteiger partial charge in [-0.1, -0.05) is 19.9 Å². The fourth-order valence-corrected chi connectivity index (χ4v) is 3.91. The van der Waals surface area contributed by atoms with E-state index in [-0.39, 0.29) is 30.1 Å². The van der Waals surface area contributed by atoms with Crippen molar-refractivity contribution in [3.63, 3.8) is 0 Å². The number of halogens is 1. The number of likely N-dealkylation sites (N-methyl/N-ethyl adjacent to an activating group) is 1. The predicted molar refractivity (Wildman–Crippen MR) is 126 cm³/mol. The van der Waals surface area contributed by atoms with Crippen molar-refractivity contribution in [3.8, 4) is 5.75 Å². The van der Waals surface area contributed by atoms with Crippen molar-refractivity contribution < 1.29 is 28.6 Å². The molecule has 3 unspecified atom stereocenters. The van der Waals surface area contributed by atoms with E-state index in [4.69, 9.17) is 4.74 Å². The number of nitrogens with one attached hydrogen (secondary N) is 3. The molecule has 0 fully saturated rings. The number of carbonyl (C=O) groups excluding carboxylic acids is 3. The van der Waals surface area contributed by atoms with Crippen molar-refractivity contribution in [3.05, 3.63) is 29.6 Å². The number of hydrogen-bond donors (Lipinski definition) is 4. The second kappa shape index (κ2) is 13.2. The Morgan fingerprint density at radius 3 is 2.53 bits per heavy atom. The zero-order valence-corrected chi connectivity index (χ0v) is 20.4. The summed E-state index contributed by atoms with van der Waals surface area (Å²) in [5.74, 6) is -1.34. The molecule has 0 aromatic heterocycles. The molecule has 190 valence electrons. The number of aliphatic hydroxyl groups excluding tert-OH is 1. The van der Waals surface area contributed by atoms with Gasteiger partial charge in [-0.3, -0.25) is 14.4 Å². The standard InChI is InChI=1S/C24H37FN4O5/c1-15(2)21-24(33)29(4)22(16(3)30)23(32)28-14-20(31)26-10-5-7-17-8-9-18(25)13-19(17)34-12-6-11-27-21/h8-9,13,15-16,21-22,27,30H,5-7,10-12,14H2,1-4H3,(H,26,31)(H,28,32). The average molecular weight is 481 g/mol.